The Labute approximate surface area is 210 Å². The molecule has 36 heavy (non-hydrogen) atoms. The molecule has 4 rings (SSSR count). The molecule has 0 bridgehead atoms. The van der Waals surface area contributed by atoms with Crippen LogP contribution in [0, 0.1) is 0 Å². The van der Waals surface area contributed by atoms with Gasteiger partial charge in [0.05, 0.1) is 19.8 Å². The number of hydrogen-bond donors (Lipinski definition) is 2. The number of ether oxygens (including phenoxy) is 3. The second-order valence-electron chi connectivity index (χ2n) is 8.12. The Morgan fingerprint density at radius 1 is 0.667 bits per heavy atom. The van der Waals surface area contributed by atoms with E-state index in [1.54, 1.807) is 38.5 Å². The molecule has 7 nitrogen and oxygen atoms in total. The molecule has 0 atom stereocenters. The predicted octanol–water partition coefficient (Wildman–Crippen LogP) is 4.48. The maximum Gasteiger partial charge on any atom is 0.258 e. The minimum Gasteiger partial charge on any atom is -0.493 e. The molecule has 4 aromatic rings. The highest BCUT2D eigenvalue weighted by Crippen LogP contribution is 2.28. The molecule has 0 heterocycles. The first-order valence-corrected chi connectivity index (χ1v) is 11.5. The zero-order chi connectivity index (χ0) is 25.3. The van der Waals surface area contributed by atoms with E-state index in [-0.39, 0.29) is 18.4 Å². The quantitative estimate of drug-likeness (QED) is 0.347. The number of benzene rings is 4. The predicted molar refractivity (Wildman–Crippen MR) is 138 cm³/mol. The van der Waals surface area contributed by atoms with E-state index in [4.69, 9.17) is 14.2 Å². The highest BCUT2D eigenvalue weighted by molar-refractivity contribution is 6.01. The highest BCUT2D eigenvalue weighted by Gasteiger charge is 2.16. The van der Waals surface area contributed by atoms with Gasteiger partial charge >= 0.3 is 0 Å². The van der Waals surface area contributed by atoms with Gasteiger partial charge in [-0.05, 0) is 46.2 Å². The second-order valence-corrected chi connectivity index (χ2v) is 8.12. The van der Waals surface area contributed by atoms with Crippen molar-refractivity contribution in [3.63, 3.8) is 0 Å². The molecule has 7 heteroatoms. The van der Waals surface area contributed by atoms with Crippen molar-refractivity contribution in [1.82, 2.24) is 10.6 Å². The Kier molecular flexibility index (Phi) is 8.03. The van der Waals surface area contributed by atoms with E-state index in [9.17, 15) is 9.59 Å². The van der Waals surface area contributed by atoms with Gasteiger partial charge < -0.3 is 24.8 Å². The van der Waals surface area contributed by atoms with E-state index in [1.165, 1.54) is 0 Å². The maximum absolute atomic E-state index is 13.0. The molecule has 184 valence electrons. The number of fused-ring (bicyclic) bond motifs is 1. The van der Waals surface area contributed by atoms with Crippen LogP contribution >= 0.6 is 0 Å². The molecule has 2 N–H and O–H groups in total. The van der Waals surface area contributed by atoms with Gasteiger partial charge in [0, 0.05) is 13.1 Å². The Morgan fingerprint density at radius 3 is 2.06 bits per heavy atom. The van der Waals surface area contributed by atoms with Crippen LogP contribution in [0.4, 0.5) is 0 Å². The van der Waals surface area contributed by atoms with Gasteiger partial charge in [-0.1, -0.05) is 60.7 Å². The van der Waals surface area contributed by atoms with E-state index >= 15 is 0 Å². The van der Waals surface area contributed by atoms with Crippen molar-refractivity contribution in [3.8, 4) is 17.2 Å². The molecule has 0 saturated heterocycles. The SMILES string of the molecule is COc1ccc(CNC(=O)COc2cc3ccccc3cc2C(=O)NCc2ccccc2)cc1OC. The van der Waals surface area contributed by atoms with E-state index in [2.05, 4.69) is 10.6 Å². The third kappa shape index (κ3) is 6.13. The first-order chi connectivity index (χ1) is 17.6. The molecular formula is C29H28N2O5. The van der Waals surface area contributed by atoms with Gasteiger partial charge in [0.15, 0.2) is 18.1 Å². The lowest BCUT2D eigenvalue weighted by Gasteiger charge is -2.14. The molecule has 0 saturated carbocycles. The number of hydrogen-bond acceptors (Lipinski definition) is 5. The first kappa shape index (κ1) is 24.6. The van der Waals surface area contributed by atoms with Gasteiger partial charge in [-0.2, -0.15) is 0 Å². The molecule has 0 aliphatic heterocycles. The lowest BCUT2D eigenvalue weighted by molar-refractivity contribution is -0.123. The van der Waals surface area contributed by atoms with Crippen molar-refractivity contribution in [2.75, 3.05) is 20.8 Å². The van der Waals surface area contributed by atoms with Crippen molar-refractivity contribution < 1.29 is 23.8 Å². The van der Waals surface area contributed by atoms with Crippen LogP contribution in [0.5, 0.6) is 17.2 Å². The number of carbonyl (C=O) groups is 2. The summed E-state index contributed by atoms with van der Waals surface area (Å²) in [6, 6.07) is 26.4. The lowest BCUT2D eigenvalue weighted by atomic mass is 10.1. The Balaban J connectivity index is 1.43. The topological polar surface area (TPSA) is 85.9 Å². The summed E-state index contributed by atoms with van der Waals surface area (Å²) in [5, 5.41) is 7.59. The van der Waals surface area contributed by atoms with E-state index in [1.807, 2.05) is 60.7 Å². The number of methoxy groups -OCH3 is 2. The summed E-state index contributed by atoms with van der Waals surface area (Å²) >= 11 is 0. The van der Waals surface area contributed by atoms with Gasteiger partial charge in [-0.3, -0.25) is 9.59 Å². The van der Waals surface area contributed by atoms with Crippen molar-refractivity contribution in [1.29, 1.82) is 0 Å². The summed E-state index contributed by atoms with van der Waals surface area (Å²) in [4.78, 5) is 25.6. The third-order valence-corrected chi connectivity index (χ3v) is 5.68. The standard InChI is InChI=1S/C29H28N2O5/c1-34-25-13-12-21(14-27(25)35-2)18-30-28(32)19-36-26-16-23-11-7-6-10-22(23)15-24(26)29(33)31-17-20-8-4-3-5-9-20/h3-16H,17-19H2,1-2H3,(H,30,32)(H,31,33). The Morgan fingerprint density at radius 2 is 1.33 bits per heavy atom. The van der Waals surface area contributed by atoms with Crippen LogP contribution in [0.15, 0.2) is 84.9 Å². The van der Waals surface area contributed by atoms with Crippen LogP contribution in [0.3, 0.4) is 0 Å². The van der Waals surface area contributed by atoms with Crippen molar-refractivity contribution >= 4 is 22.6 Å². The molecule has 0 aliphatic rings. The van der Waals surface area contributed by atoms with Crippen LogP contribution in [-0.2, 0) is 17.9 Å². The average molecular weight is 485 g/mol. The summed E-state index contributed by atoms with van der Waals surface area (Å²) in [7, 11) is 3.13. The minimum absolute atomic E-state index is 0.232. The average Bonchev–Trinajstić information content (AvgIpc) is 2.93. The largest absolute Gasteiger partial charge is 0.493 e. The first-order valence-electron chi connectivity index (χ1n) is 11.5. The number of rotatable bonds is 10. The van der Waals surface area contributed by atoms with Gasteiger partial charge in [0.2, 0.25) is 0 Å². The fraction of sp³-hybridized carbons (Fsp3) is 0.172. The van der Waals surface area contributed by atoms with Gasteiger partial charge in [-0.15, -0.1) is 0 Å². The van der Waals surface area contributed by atoms with E-state index in [0.717, 1.165) is 21.9 Å². The van der Waals surface area contributed by atoms with Crippen LogP contribution < -0.4 is 24.8 Å². The normalized spacial score (nSPS) is 10.5. The Hall–Kier alpha value is -4.52. The summed E-state index contributed by atoms with van der Waals surface area (Å²) in [5.41, 5.74) is 2.22. The Bertz CT molecular complexity index is 1350. The molecule has 2 amide bonds. The fourth-order valence-corrected chi connectivity index (χ4v) is 3.78. The van der Waals surface area contributed by atoms with Crippen LogP contribution in [0.2, 0.25) is 0 Å². The summed E-state index contributed by atoms with van der Waals surface area (Å²) in [5.74, 6) is 0.965. The summed E-state index contributed by atoms with van der Waals surface area (Å²) < 4.78 is 16.4. The summed E-state index contributed by atoms with van der Waals surface area (Å²) in [6.07, 6.45) is 0. The molecular weight excluding hydrogens is 456 g/mol. The van der Waals surface area contributed by atoms with E-state index < -0.39 is 0 Å². The van der Waals surface area contributed by atoms with Crippen molar-refractivity contribution in [3.05, 3.63) is 102 Å². The molecule has 0 aromatic heterocycles. The molecule has 0 unspecified atom stereocenters. The molecule has 4 aromatic carbocycles. The number of nitrogens with one attached hydrogen (secondary N) is 2. The smallest absolute Gasteiger partial charge is 0.258 e. The maximum atomic E-state index is 13.0. The van der Waals surface area contributed by atoms with Gasteiger partial charge in [0.25, 0.3) is 11.8 Å². The summed E-state index contributed by atoms with van der Waals surface area (Å²) in [6.45, 7) is 0.451. The highest BCUT2D eigenvalue weighted by atomic mass is 16.5. The van der Waals surface area contributed by atoms with Crippen molar-refractivity contribution in [2.45, 2.75) is 13.1 Å². The lowest BCUT2D eigenvalue weighted by Crippen LogP contribution is -2.29. The zero-order valence-corrected chi connectivity index (χ0v) is 20.2. The number of carbonyl (C=O) groups excluding carboxylic acids is 2. The van der Waals surface area contributed by atoms with Crippen LogP contribution in [-0.4, -0.2) is 32.6 Å². The van der Waals surface area contributed by atoms with Gasteiger partial charge in [0.1, 0.15) is 5.75 Å². The molecule has 0 aliphatic carbocycles. The van der Waals surface area contributed by atoms with E-state index in [0.29, 0.717) is 35.9 Å². The second kappa shape index (κ2) is 11.8. The monoisotopic (exact) mass is 484 g/mol. The van der Waals surface area contributed by atoms with Crippen LogP contribution in [0.25, 0.3) is 10.8 Å². The molecule has 0 spiro atoms. The number of amides is 2. The zero-order valence-electron chi connectivity index (χ0n) is 20.2. The van der Waals surface area contributed by atoms with Gasteiger partial charge in [-0.25, -0.2) is 0 Å². The molecule has 0 radical (unpaired) electrons. The van der Waals surface area contributed by atoms with Crippen molar-refractivity contribution in [2.24, 2.45) is 0 Å². The van der Waals surface area contributed by atoms with Crippen LogP contribution in [0.1, 0.15) is 21.5 Å². The third-order valence-electron chi connectivity index (χ3n) is 5.68. The fourth-order valence-electron chi connectivity index (χ4n) is 3.78. The molecule has 0 fully saturated rings. The minimum atomic E-state index is -0.311.